The average Bonchev–Trinajstić information content (AvgIpc) is 3.12. The fourth-order valence-corrected chi connectivity index (χ4v) is 5.19. The summed E-state index contributed by atoms with van der Waals surface area (Å²) >= 11 is 0. The number of rotatable bonds is 2. The van der Waals surface area contributed by atoms with Crippen molar-refractivity contribution >= 4 is 17.7 Å². The normalized spacial score (nSPS) is 48.7. The summed E-state index contributed by atoms with van der Waals surface area (Å²) in [7, 11) is 2.49. The van der Waals surface area contributed by atoms with Crippen LogP contribution in [0.15, 0.2) is 11.6 Å². The molecule has 24 heavy (non-hydrogen) atoms. The molecule has 2 saturated heterocycles. The van der Waals surface area contributed by atoms with Crippen LogP contribution in [0.5, 0.6) is 0 Å². The average molecular weight is 338 g/mol. The minimum absolute atomic E-state index is 0.0162. The Morgan fingerprint density at radius 1 is 1.38 bits per heavy atom. The maximum atomic E-state index is 12.5. The van der Waals surface area contributed by atoms with E-state index in [1.54, 1.807) is 6.92 Å². The third-order valence-electron chi connectivity index (χ3n) is 6.24. The first-order valence-corrected chi connectivity index (χ1v) is 7.68. The van der Waals surface area contributed by atoms with Crippen LogP contribution in [0.25, 0.3) is 0 Å². The SMILES string of the molecule is COC(=O)C1(O)O[C@@H]2C[C@]13CC(=O)C=C3[C@]1(C)COC(=O)[C@]21OC. The summed E-state index contributed by atoms with van der Waals surface area (Å²) in [6.07, 6.45) is 0.451. The van der Waals surface area contributed by atoms with Crippen molar-refractivity contribution in [1.82, 2.24) is 0 Å². The van der Waals surface area contributed by atoms with Crippen molar-refractivity contribution < 1.29 is 38.4 Å². The van der Waals surface area contributed by atoms with E-state index >= 15 is 0 Å². The van der Waals surface area contributed by atoms with Gasteiger partial charge < -0.3 is 24.1 Å². The quantitative estimate of drug-likeness (QED) is 0.670. The molecule has 0 aromatic heterocycles. The number of aliphatic hydroxyl groups is 1. The van der Waals surface area contributed by atoms with Gasteiger partial charge >= 0.3 is 11.9 Å². The molecular weight excluding hydrogens is 320 g/mol. The molecule has 0 amide bonds. The highest BCUT2D eigenvalue weighted by atomic mass is 16.7. The van der Waals surface area contributed by atoms with Crippen LogP contribution in [0, 0.1) is 10.8 Å². The molecule has 0 aromatic rings. The first-order valence-electron chi connectivity index (χ1n) is 7.68. The molecule has 4 rings (SSSR count). The summed E-state index contributed by atoms with van der Waals surface area (Å²) in [5, 5.41) is 11.1. The van der Waals surface area contributed by atoms with E-state index in [1.165, 1.54) is 13.2 Å². The van der Waals surface area contributed by atoms with Gasteiger partial charge in [0, 0.05) is 13.5 Å². The van der Waals surface area contributed by atoms with Crippen molar-refractivity contribution in [2.75, 3.05) is 20.8 Å². The van der Waals surface area contributed by atoms with Gasteiger partial charge in [-0.1, -0.05) is 0 Å². The third-order valence-corrected chi connectivity index (χ3v) is 6.24. The lowest BCUT2D eigenvalue weighted by molar-refractivity contribution is -0.252. The van der Waals surface area contributed by atoms with Crippen LogP contribution in [0.2, 0.25) is 0 Å². The van der Waals surface area contributed by atoms with Gasteiger partial charge in [-0.05, 0) is 25.0 Å². The Labute approximate surface area is 137 Å². The van der Waals surface area contributed by atoms with E-state index in [0.29, 0.717) is 5.57 Å². The monoisotopic (exact) mass is 338 g/mol. The molecule has 2 aliphatic carbocycles. The predicted octanol–water partition coefficient (Wildman–Crippen LogP) is -0.516. The molecule has 8 nitrogen and oxygen atoms in total. The molecule has 5 atom stereocenters. The molecule has 4 aliphatic rings. The van der Waals surface area contributed by atoms with Crippen LogP contribution in [0.4, 0.5) is 0 Å². The first kappa shape index (κ1) is 15.7. The van der Waals surface area contributed by atoms with Gasteiger partial charge in [0.1, 0.15) is 12.7 Å². The van der Waals surface area contributed by atoms with E-state index in [1.807, 2.05) is 0 Å². The molecule has 2 heterocycles. The zero-order valence-electron chi connectivity index (χ0n) is 13.6. The fourth-order valence-electron chi connectivity index (χ4n) is 5.19. The molecule has 130 valence electrons. The summed E-state index contributed by atoms with van der Waals surface area (Å²) in [6.45, 7) is 1.72. The van der Waals surface area contributed by atoms with Crippen LogP contribution in [0.1, 0.15) is 19.8 Å². The van der Waals surface area contributed by atoms with Crippen molar-refractivity contribution in [1.29, 1.82) is 0 Å². The van der Waals surface area contributed by atoms with E-state index in [0.717, 1.165) is 7.11 Å². The highest BCUT2D eigenvalue weighted by Crippen LogP contribution is 2.71. The minimum atomic E-state index is -2.34. The molecule has 0 radical (unpaired) electrons. The molecule has 2 aliphatic heterocycles. The number of carbonyl (C=O) groups is 3. The van der Waals surface area contributed by atoms with Crippen LogP contribution in [-0.4, -0.2) is 61.1 Å². The second-order valence-electron chi connectivity index (χ2n) is 7.08. The summed E-state index contributed by atoms with van der Waals surface area (Å²) in [4.78, 5) is 37.1. The maximum absolute atomic E-state index is 12.5. The molecular formula is C16H18O8. The van der Waals surface area contributed by atoms with Gasteiger partial charge in [0.05, 0.1) is 17.9 Å². The Morgan fingerprint density at radius 2 is 2.08 bits per heavy atom. The predicted molar refractivity (Wildman–Crippen MR) is 75.4 cm³/mol. The molecule has 1 saturated carbocycles. The van der Waals surface area contributed by atoms with Gasteiger partial charge in [-0.25, -0.2) is 9.59 Å². The van der Waals surface area contributed by atoms with Crippen molar-refractivity contribution in [3.63, 3.8) is 0 Å². The van der Waals surface area contributed by atoms with Gasteiger partial charge in [-0.2, -0.15) is 0 Å². The Kier molecular flexibility index (Phi) is 2.79. The van der Waals surface area contributed by atoms with E-state index in [-0.39, 0.29) is 25.2 Å². The van der Waals surface area contributed by atoms with Gasteiger partial charge in [-0.15, -0.1) is 0 Å². The zero-order valence-corrected chi connectivity index (χ0v) is 13.6. The van der Waals surface area contributed by atoms with Crippen molar-refractivity contribution in [3.8, 4) is 0 Å². The standard InChI is InChI=1S/C16H18O8/c1-13-7-23-11(18)15(13,22-3)10-6-14(5-8(17)4-9(13)14)16(20,24-10)12(19)21-2/h4,10,20H,5-7H2,1-3H3/t10-,13+,14+,15-,16?/m1/s1. The van der Waals surface area contributed by atoms with Crippen LogP contribution in [-0.2, 0) is 33.3 Å². The van der Waals surface area contributed by atoms with Crippen LogP contribution >= 0.6 is 0 Å². The molecule has 1 unspecified atom stereocenters. The molecule has 1 spiro atoms. The fraction of sp³-hybridized carbons (Fsp3) is 0.688. The van der Waals surface area contributed by atoms with E-state index < -0.39 is 40.3 Å². The second kappa shape index (κ2) is 4.25. The Hall–Kier alpha value is -1.77. The van der Waals surface area contributed by atoms with E-state index in [9.17, 15) is 19.5 Å². The largest absolute Gasteiger partial charge is 0.465 e. The number of ketones is 1. The van der Waals surface area contributed by atoms with Crippen molar-refractivity contribution in [3.05, 3.63) is 11.6 Å². The Balaban J connectivity index is 2.01. The minimum Gasteiger partial charge on any atom is -0.465 e. The summed E-state index contributed by atoms with van der Waals surface area (Å²) in [5.74, 6) is -4.21. The van der Waals surface area contributed by atoms with Gasteiger partial charge in [0.15, 0.2) is 5.78 Å². The van der Waals surface area contributed by atoms with Gasteiger partial charge in [0.2, 0.25) is 5.60 Å². The van der Waals surface area contributed by atoms with E-state index in [4.69, 9.17) is 18.9 Å². The Morgan fingerprint density at radius 3 is 2.71 bits per heavy atom. The molecule has 3 fully saturated rings. The van der Waals surface area contributed by atoms with Crippen molar-refractivity contribution in [2.45, 2.75) is 37.3 Å². The zero-order chi connectivity index (χ0) is 17.5. The van der Waals surface area contributed by atoms with E-state index in [2.05, 4.69) is 0 Å². The number of carbonyl (C=O) groups excluding carboxylic acids is 3. The number of esters is 2. The highest BCUT2D eigenvalue weighted by Gasteiger charge is 2.83. The Bertz CT molecular complexity index is 713. The van der Waals surface area contributed by atoms with Gasteiger partial charge in [-0.3, -0.25) is 4.79 Å². The molecule has 0 aromatic carbocycles. The maximum Gasteiger partial charge on any atom is 0.367 e. The van der Waals surface area contributed by atoms with Crippen LogP contribution < -0.4 is 0 Å². The number of cyclic esters (lactones) is 1. The van der Waals surface area contributed by atoms with Crippen molar-refractivity contribution in [2.24, 2.45) is 10.8 Å². The number of methoxy groups -OCH3 is 2. The smallest absolute Gasteiger partial charge is 0.367 e. The number of allylic oxidation sites excluding steroid dienone is 1. The number of hydrogen-bond donors (Lipinski definition) is 1. The lowest BCUT2D eigenvalue weighted by Gasteiger charge is -2.49. The number of ether oxygens (including phenoxy) is 4. The van der Waals surface area contributed by atoms with Crippen LogP contribution in [0.3, 0.4) is 0 Å². The topological polar surface area (TPSA) is 108 Å². The summed E-state index contributed by atoms with van der Waals surface area (Å²) in [6, 6.07) is 0. The number of fused-ring (bicyclic) bond motifs is 4. The molecule has 2 bridgehead atoms. The second-order valence-corrected chi connectivity index (χ2v) is 7.08. The molecule has 1 N–H and O–H groups in total. The molecule has 8 heteroatoms. The summed E-state index contributed by atoms with van der Waals surface area (Å²) in [5.41, 5.74) is -3.36. The number of hydrogen-bond acceptors (Lipinski definition) is 8. The lowest BCUT2D eigenvalue weighted by Crippen LogP contribution is -2.63. The van der Waals surface area contributed by atoms with Gasteiger partial charge in [0.25, 0.3) is 5.79 Å². The lowest BCUT2D eigenvalue weighted by atomic mass is 9.52. The third kappa shape index (κ3) is 1.29. The highest BCUT2D eigenvalue weighted by molar-refractivity contribution is 5.99. The summed E-state index contributed by atoms with van der Waals surface area (Å²) < 4.78 is 21.2. The first-order chi connectivity index (χ1) is 11.2.